The van der Waals surface area contributed by atoms with Crippen molar-refractivity contribution in [2.45, 2.75) is 45.8 Å². The number of amides is 1. The van der Waals surface area contributed by atoms with Crippen molar-refractivity contribution in [2.75, 3.05) is 13.6 Å². The lowest BCUT2D eigenvalue weighted by atomic mass is 10.1. The molecule has 1 rings (SSSR count). The summed E-state index contributed by atoms with van der Waals surface area (Å²) in [5.74, 6) is 0.754. The molecule has 0 unspecified atom stereocenters. The van der Waals surface area contributed by atoms with E-state index < -0.39 is 5.60 Å². The molecule has 1 N–H and O–H groups in total. The number of carbonyl (C=O) groups excluding carboxylic acids is 1. The smallest absolute Gasteiger partial charge is 0.226 e. The molecule has 4 nitrogen and oxygen atoms in total. The van der Waals surface area contributed by atoms with Gasteiger partial charge in [0.1, 0.15) is 5.75 Å². The minimum atomic E-state index is -0.882. The van der Waals surface area contributed by atoms with Crippen LogP contribution < -0.4 is 4.74 Å². The first kappa shape index (κ1) is 16.5. The number of carbonyl (C=O) groups is 1. The van der Waals surface area contributed by atoms with E-state index in [0.29, 0.717) is 13.0 Å². The summed E-state index contributed by atoms with van der Waals surface area (Å²) in [6.07, 6.45) is 0.417. The van der Waals surface area contributed by atoms with E-state index in [9.17, 15) is 9.90 Å². The third-order valence-corrected chi connectivity index (χ3v) is 2.68. The maximum absolute atomic E-state index is 12.1. The second kappa shape index (κ2) is 6.75. The lowest BCUT2D eigenvalue weighted by Crippen LogP contribution is -2.40. The lowest BCUT2D eigenvalue weighted by Gasteiger charge is -2.25. The molecule has 0 saturated carbocycles. The van der Waals surface area contributed by atoms with Gasteiger partial charge in [0.25, 0.3) is 0 Å². The predicted molar refractivity (Wildman–Crippen MR) is 79.8 cm³/mol. The van der Waals surface area contributed by atoms with Crippen molar-refractivity contribution in [3.8, 4) is 5.75 Å². The highest BCUT2D eigenvalue weighted by molar-refractivity contribution is 5.78. The first-order valence-electron chi connectivity index (χ1n) is 6.89. The van der Waals surface area contributed by atoms with Gasteiger partial charge in [-0.15, -0.1) is 0 Å². The van der Waals surface area contributed by atoms with Crippen molar-refractivity contribution in [3.63, 3.8) is 0 Å². The number of ether oxygens (including phenoxy) is 1. The average molecular weight is 279 g/mol. The van der Waals surface area contributed by atoms with Gasteiger partial charge in [0, 0.05) is 13.6 Å². The molecule has 4 heteroatoms. The van der Waals surface area contributed by atoms with Crippen LogP contribution >= 0.6 is 0 Å². The summed E-state index contributed by atoms with van der Waals surface area (Å²) in [4.78, 5) is 13.6. The van der Waals surface area contributed by atoms with E-state index >= 15 is 0 Å². The Morgan fingerprint density at radius 2 is 2.05 bits per heavy atom. The summed E-state index contributed by atoms with van der Waals surface area (Å²) < 4.78 is 5.61. The Labute approximate surface area is 121 Å². The van der Waals surface area contributed by atoms with E-state index in [4.69, 9.17) is 4.74 Å². The van der Waals surface area contributed by atoms with Crippen LogP contribution in [0.5, 0.6) is 5.75 Å². The number of rotatable bonds is 6. The van der Waals surface area contributed by atoms with Gasteiger partial charge in [0.2, 0.25) is 5.91 Å². The molecule has 0 heterocycles. The van der Waals surface area contributed by atoms with Gasteiger partial charge in [-0.05, 0) is 45.4 Å². The third-order valence-electron chi connectivity index (χ3n) is 2.68. The molecule has 0 saturated heterocycles. The Morgan fingerprint density at radius 3 is 2.60 bits per heavy atom. The minimum Gasteiger partial charge on any atom is -0.491 e. The highest BCUT2D eigenvalue weighted by Crippen LogP contribution is 2.16. The van der Waals surface area contributed by atoms with Gasteiger partial charge in [0.05, 0.1) is 18.1 Å². The molecule has 0 aliphatic carbocycles. The molecule has 0 radical (unpaired) electrons. The monoisotopic (exact) mass is 279 g/mol. The predicted octanol–water partition coefficient (Wildman–Crippen LogP) is 2.25. The SMILES string of the molecule is CC(C)Oc1cccc(CC(=O)N(C)CC(C)(C)O)c1. The van der Waals surface area contributed by atoms with Crippen molar-refractivity contribution in [1.29, 1.82) is 0 Å². The summed E-state index contributed by atoms with van der Waals surface area (Å²) in [6, 6.07) is 7.56. The fourth-order valence-electron chi connectivity index (χ4n) is 1.98. The summed E-state index contributed by atoms with van der Waals surface area (Å²) in [5.41, 5.74) is 0.0308. The second-order valence-electron chi connectivity index (χ2n) is 6.05. The van der Waals surface area contributed by atoms with Gasteiger partial charge in [-0.2, -0.15) is 0 Å². The Bertz CT molecular complexity index is 449. The molecule has 0 fully saturated rings. The van der Waals surface area contributed by atoms with Crippen LogP contribution in [0.25, 0.3) is 0 Å². The van der Waals surface area contributed by atoms with Gasteiger partial charge in [-0.1, -0.05) is 12.1 Å². The molecule has 0 aromatic heterocycles. The van der Waals surface area contributed by atoms with Gasteiger partial charge in [0.15, 0.2) is 0 Å². The Morgan fingerprint density at radius 1 is 1.40 bits per heavy atom. The highest BCUT2D eigenvalue weighted by atomic mass is 16.5. The standard InChI is InChI=1S/C16H25NO3/c1-12(2)20-14-8-6-7-13(9-14)10-15(18)17(5)11-16(3,4)19/h6-9,12,19H,10-11H2,1-5H3. The van der Waals surface area contributed by atoms with Crippen molar-refractivity contribution in [2.24, 2.45) is 0 Å². The number of benzene rings is 1. The van der Waals surface area contributed by atoms with E-state index in [1.807, 2.05) is 38.1 Å². The Balaban J connectivity index is 2.66. The van der Waals surface area contributed by atoms with E-state index in [2.05, 4.69) is 0 Å². The van der Waals surface area contributed by atoms with E-state index in [1.165, 1.54) is 0 Å². The first-order valence-corrected chi connectivity index (χ1v) is 6.89. The summed E-state index contributed by atoms with van der Waals surface area (Å²) >= 11 is 0. The Hall–Kier alpha value is -1.55. The van der Waals surface area contributed by atoms with Gasteiger partial charge >= 0.3 is 0 Å². The van der Waals surface area contributed by atoms with Crippen molar-refractivity contribution >= 4 is 5.91 Å². The Kier molecular flexibility index (Phi) is 5.57. The normalized spacial score (nSPS) is 11.6. The topological polar surface area (TPSA) is 49.8 Å². The second-order valence-corrected chi connectivity index (χ2v) is 6.05. The first-order chi connectivity index (χ1) is 9.17. The molecule has 0 atom stereocenters. The fraction of sp³-hybridized carbons (Fsp3) is 0.562. The highest BCUT2D eigenvalue weighted by Gasteiger charge is 2.19. The van der Waals surface area contributed by atoms with Crippen LogP contribution in [0.15, 0.2) is 24.3 Å². The van der Waals surface area contributed by atoms with Crippen molar-refractivity contribution in [1.82, 2.24) is 4.90 Å². The van der Waals surface area contributed by atoms with Crippen LogP contribution in [-0.2, 0) is 11.2 Å². The van der Waals surface area contributed by atoms with E-state index in [1.54, 1.807) is 25.8 Å². The summed E-state index contributed by atoms with van der Waals surface area (Å²) in [6.45, 7) is 7.62. The maximum atomic E-state index is 12.1. The van der Waals surface area contributed by atoms with Crippen LogP contribution in [0.2, 0.25) is 0 Å². The van der Waals surface area contributed by atoms with Crippen molar-refractivity contribution < 1.29 is 14.6 Å². The number of nitrogens with zero attached hydrogens (tertiary/aromatic N) is 1. The van der Waals surface area contributed by atoms with Gasteiger partial charge < -0.3 is 14.7 Å². The molecule has 0 spiro atoms. The largest absolute Gasteiger partial charge is 0.491 e. The molecular weight excluding hydrogens is 254 g/mol. The summed E-state index contributed by atoms with van der Waals surface area (Å²) in [5, 5.41) is 9.73. The van der Waals surface area contributed by atoms with Crippen LogP contribution in [0.4, 0.5) is 0 Å². The zero-order valence-electron chi connectivity index (χ0n) is 13.0. The molecule has 0 aliphatic rings. The zero-order chi connectivity index (χ0) is 15.3. The molecule has 1 amide bonds. The lowest BCUT2D eigenvalue weighted by molar-refractivity contribution is -0.131. The van der Waals surface area contributed by atoms with Crippen LogP contribution in [0.3, 0.4) is 0 Å². The minimum absolute atomic E-state index is 0.0196. The molecule has 0 bridgehead atoms. The van der Waals surface area contributed by atoms with Crippen molar-refractivity contribution in [3.05, 3.63) is 29.8 Å². The maximum Gasteiger partial charge on any atom is 0.226 e. The van der Waals surface area contributed by atoms with Gasteiger partial charge in [-0.25, -0.2) is 0 Å². The van der Waals surface area contributed by atoms with Crippen LogP contribution in [0, 0.1) is 0 Å². The quantitative estimate of drug-likeness (QED) is 0.869. The molecule has 1 aromatic rings. The number of aliphatic hydroxyl groups is 1. The molecule has 112 valence electrons. The molecule has 20 heavy (non-hydrogen) atoms. The fourth-order valence-corrected chi connectivity index (χ4v) is 1.98. The number of likely N-dealkylation sites (N-methyl/N-ethyl adjacent to an activating group) is 1. The average Bonchev–Trinajstić information content (AvgIpc) is 2.26. The van der Waals surface area contributed by atoms with Crippen LogP contribution in [-0.4, -0.2) is 41.2 Å². The van der Waals surface area contributed by atoms with Crippen LogP contribution in [0.1, 0.15) is 33.3 Å². The van der Waals surface area contributed by atoms with E-state index in [-0.39, 0.29) is 12.0 Å². The number of hydrogen-bond acceptors (Lipinski definition) is 3. The van der Waals surface area contributed by atoms with E-state index in [0.717, 1.165) is 11.3 Å². The summed E-state index contributed by atoms with van der Waals surface area (Å²) in [7, 11) is 1.70. The number of hydrogen-bond donors (Lipinski definition) is 1. The van der Waals surface area contributed by atoms with Gasteiger partial charge in [-0.3, -0.25) is 4.79 Å². The molecular formula is C16H25NO3. The molecule has 1 aromatic carbocycles. The third kappa shape index (κ3) is 6.06. The zero-order valence-corrected chi connectivity index (χ0v) is 13.0. The molecule has 0 aliphatic heterocycles.